The molecule has 6 heteroatoms. The number of rotatable bonds is 0. The van der Waals surface area contributed by atoms with Crippen LogP contribution in [0.4, 0.5) is 0 Å². The van der Waals surface area contributed by atoms with E-state index in [1.807, 2.05) is 0 Å². The topological polar surface area (TPSA) is 69.2 Å². The molecule has 0 aromatic heterocycles. The second-order valence-corrected chi connectivity index (χ2v) is 0.289. The van der Waals surface area contributed by atoms with Gasteiger partial charge in [-0.15, -0.1) is 0 Å². The van der Waals surface area contributed by atoms with Gasteiger partial charge in [0.2, 0.25) is 0 Å². The molecule has 0 amide bonds. The molecule has 0 bridgehead atoms. The number of hydrogen-bond acceptors (Lipinski definition) is 3. The van der Waals surface area contributed by atoms with E-state index in [4.69, 9.17) is 15.1 Å². The van der Waals surface area contributed by atoms with Crippen molar-refractivity contribution < 1.29 is 33.9 Å². The Labute approximate surface area is 51.9 Å². The van der Waals surface area contributed by atoms with Crippen molar-refractivity contribution in [2.75, 3.05) is 0 Å². The maximum Gasteiger partial charge on any atom is 2.00 e. The summed E-state index contributed by atoms with van der Waals surface area (Å²) in [7, 11) is -2.92. The molecule has 0 rings (SSSR count). The Morgan fingerprint density at radius 3 is 1.00 bits per heavy atom. The molecular formula is BBeLiO3. The Hall–Kier alpha value is 0.711. The van der Waals surface area contributed by atoms with Gasteiger partial charge >= 0.3 is 29.0 Å². The average Bonchev–Trinajstić information content (AvgIpc) is 0.811. The van der Waals surface area contributed by atoms with Crippen LogP contribution in [0.25, 0.3) is 0 Å². The van der Waals surface area contributed by atoms with Crippen LogP contribution in [0.5, 0.6) is 0 Å². The van der Waals surface area contributed by atoms with Crippen LogP contribution in [0.3, 0.4) is 0 Å². The summed E-state index contributed by atoms with van der Waals surface area (Å²) in [4.78, 5) is 0. The minimum Gasteiger partial charge on any atom is -0.907 e. The maximum absolute atomic E-state index is 8.42. The Morgan fingerprint density at radius 1 is 1.00 bits per heavy atom. The molecule has 6 heavy (non-hydrogen) atoms. The molecule has 0 unspecified atom stereocenters. The number of hydrogen-bond donors (Lipinski definition) is 0. The second kappa shape index (κ2) is 9.20. The maximum atomic E-state index is 8.42. The summed E-state index contributed by atoms with van der Waals surface area (Å²) in [5.41, 5.74) is 0. The quantitative estimate of drug-likeness (QED) is 0.268. The standard InChI is InChI=1S/BO3.Be.Li/c2-1(3)4;;/q-3;+2;+1. The fraction of sp³-hybridized carbons (Fsp3) is 0. The van der Waals surface area contributed by atoms with Gasteiger partial charge in [0.1, 0.15) is 0 Å². The van der Waals surface area contributed by atoms with Gasteiger partial charge < -0.3 is 15.1 Å². The van der Waals surface area contributed by atoms with Crippen molar-refractivity contribution in [1.82, 2.24) is 0 Å². The first-order valence-corrected chi connectivity index (χ1v) is 0.707. The van der Waals surface area contributed by atoms with Crippen LogP contribution in [-0.4, -0.2) is 17.4 Å². The van der Waals surface area contributed by atoms with E-state index in [0.29, 0.717) is 0 Å². The third-order valence-corrected chi connectivity index (χ3v) is 0. The van der Waals surface area contributed by atoms with E-state index in [9.17, 15) is 0 Å². The van der Waals surface area contributed by atoms with Crippen LogP contribution in [0.1, 0.15) is 0 Å². The molecule has 24 valence electrons. The molecule has 0 spiro atoms. The third kappa shape index (κ3) is 128. The van der Waals surface area contributed by atoms with Crippen LogP contribution < -0.4 is 33.9 Å². The molecule has 0 aliphatic rings. The summed E-state index contributed by atoms with van der Waals surface area (Å²) >= 11 is 0. The summed E-state index contributed by atoms with van der Waals surface area (Å²) in [6.45, 7) is 0. The van der Waals surface area contributed by atoms with E-state index in [1.54, 1.807) is 0 Å². The summed E-state index contributed by atoms with van der Waals surface area (Å²) in [5.74, 6) is 0. The molecule has 0 aromatic rings. The summed E-state index contributed by atoms with van der Waals surface area (Å²) < 4.78 is 0. The van der Waals surface area contributed by atoms with E-state index < -0.39 is 7.32 Å². The van der Waals surface area contributed by atoms with Crippen molar-refractivity contribution in [3.63, 3.8) is 0 Å². The molecule has 0 heterocycles. The molecule has 0 N–H and O–H groups in total. The van der Waals surface area contributed by atoms with E-state index in [1.165, 1.54) is 0 Å². The first kappa shape index (κ1) is 15.9. The minimum atomic E-state index is -2.92. The zero-order valence-electron chi connectivity index (χ0n) is 3.51. The Kier molecular flexibility index (Phi) is 24.4. The van der Waals surface area contributed by atoms with Gasteiger partial charge in [0.25, 0.3) is 0 Å². The SMILES string of the molecule is [Be+2].[Li+].[O-]B([O-])[O-]. The predicted octanol–water partition coefficient (Wildman–Crippen LogP) is -7.32. The second-order valence-electron chi connectivity index (χ2n) is 0.289. The van der Waals surface area contributed by atoms with Crippen molar-refractivity contribution >= 4 is 17.4 Å². The molecule has 0 aliphatic carbocycles. The smallest absolute Gasteiger partial charge is 0.907 e. The summed E-state index contributed by atoms with van der Waals surface area (Å²) in [6.07, 6.45) is 0. The van der Waals surface area contributed by atoms with Crippen LogP contribution in [0.15, 0.2) is 0 Å². The van der Waals surface area contributed by atoms with Gasteiger partial charge in [0.05, 0.1) is 0 Å². The van der Waals surface area contributed by atoms with Gasteiger partial charge in [-0.25, -0.2) is 0 Å². The van der Waals surface area contributed by atoms with Crippen molar-refractivity contribution in [3.05, 3.63) is 0 Å². The van der Waals surface area contributed by atoms with Gasteiger partial charge in [-0.05, 0) is 0 Å². The first-order valence-electron chi connectivity index (χ1n) is 0.707. The zero-order chi connectivity index (χ0) is 3.58. The van der Waals surface area contributed by atoms with Crippen molar-refractivity contribution in [2.24, 2.45) is 0 Å². The molecule has 0 aromatic carbocycles. The van der Waals surface area contributed by atoms with Crippen LogP contribution >= 0.6 is 0 Å². The van der Waals surface area contributed by atoms with E-state index in [2.05, 4.69) is 0 Å². The third-order valence-electron chi connectivity index (χ3n) is 0. The van der Waals surface area contributed by atoms with Crippen molar-refractivity contribution in [3.8, 4) is 0 Å². The van der Waals surface area contributed by atoms with E-state index in [0.717, 1.165) is 0 Å². The largest absolute Gasteiger partial charge is 2.00 e. The Bertz CT molecular complexity index is 15.5. The molecule has 3 nitrogen and oxygen atoms in total. The van der Waals surface area contributed by atoms with Gasteiger partial charge in [-0.2, -0.15) is 0 Å². The Balaban J connectivity index is -0.0000000450. The predicted molar refractivity (Wildman–Crippen MR) is 11.5 cm³/mol. The van der Waals surface area contributed by atoms with E-state index in [-0.39, 0.29) is 29.0 Å². The van der Waals surface area contributed by atoms with Crippen LogP contribution in [-0.2, 0) is 0 Å². The molecular weight excluding hydrogens is 74.8 g/mol. The molecule has 0 fully saturated rings. The first-order chi connectivity index (χ1) is 1.73. The van der Waals surface area contributed by atoms with Gasteiger partial charge in [-0.1, -0.05) is 0 Å². The van der Waals surface area contributed by atoms with Crippen LogP contribution in [0.2, 0.25) is 0 Å². The molecule has 0 saturated heterocycles. The molecule has 0 atom stereocenters. The summed E-state index contributed by atoms with van der Waals surface area (Å²) in [6, 6.07) is 0. The molecule has 0 radical (unpaired) electrons. The zero-order valence-corrected chi connectivity index (χ0v) is 3.51. The van der Waals surface area contributed by atoms with E-state index >= 15 is 0 Å². The summed E-state index contributed by atoms with van der Waals surface area (Å²) in [5, 5.41) is 25.2. The minimum absolute atomic E-state index is 0. The van der Waals surface area contributed by atoms with Crippen LogP contribution in [0, 0.1) is 0 Å². The Morgan fingerprint density at radius 2 is 1.00 bits per heavy atom. The normalized spacial score (nSPS) is 4.50. The monoisotopic (exact) mass is 75.0 g/mol. The van der Waals surface area contributed by atoms with Gasteiger partial charge in [0.15, 0.2) is 0 Å². The van der Waals surface area contributed by atoms with Crippen molar-refractivity contribution in [1.29, 1.82) is 0 Å². The van der Waals surface area contributed by atoms with Gasteiger partial charge in [0, 0.05) is 0 Å². The fourth-order valence-corrected chi connectivity index (χ4v) is 0. The van der Waals surface area contributed by atoms with Crippen molar-refractivity contribution in [2.45, 2.75) is 0 Å². The average molecular weight is 74.8 g/mol. The fourth-order valence-electron chi connectivity index (χ4n) is 0. The molecule has 0 saturated carbocycles. The molecule has 0 aliphatic heterocycles. The van der Waals surface area contributed by atoms with Gasteiger partial charge in [-0.3, -0.25) is 7.32 Å².